The minimum Gasteiger partial charge on any atom is -0.458 e. The molecule has 2 heterocycles. The summed E-state index contributed by atoms with van der Waals surface area (Å²) in [6, 6.07) is 17.3. The summed E-state index contributed by atoms with van der Waals surface area (Å²) in [7, 11) is 0. The number of para-hydroxylation sites is 2. The van der Waals surface area contributed by atoms with Gasteiger partial charge in [-0.05, 0) is 30.7 Å². The number of aliphatic hydroxyl groups is 1. The molecule has 104 valence electrons. The van der Waals surface area contributed by atoms with Crippen molar-refractivity contribution in [3.8, 4) is 0 Å². The Balaban J connectivity index is 1.81. The van der Waals surface area contributed by atoms with E-state index in [0.29, 0.717) is 11.5 Å². The monoisotopic (exact) mass is 278 g/mol. The molecular formula is C18H14O3. The predicted molar refractivity (Wildman–Crippen MR) is 81.2 cm³/mol. The minimum atomic E-state index is -0.899. The molecule has 0 aliphatic rings. The molecule has 4 aromatic rings. The first kappa shape index (κ1) is 12.2. The van der Waals surface area contributed by atoms with Crippen LogP contribution in [0, 0.1) is 6.92 Å². The van der Waals surface area contributed by atoms with Gasteiger partial charge in [-0.2, -0.15) is 0 Å². The normalized spacial score (nSPS) is 13.0. The molecule has 0 radical (unpaired) electrons. The van der Waals surface area contributed by atoms with Gasteiger partial charge in [0.05, 0.1) is 0 Å². The maximum atomic E-state index is 10.5. The van der Waals surface area contributed by atoms with Crippen LogP contribution >= 0.6 is 0 Å². The van der Waals surface area contributed by atoms with Gasteiger partial charge in [-0.25, -0.2) is 0 Å². The van der Waals surface area contributed by atoms with Crippen LogP contribution in [0.4, 0.5) is 0 Å². The van der Waals surface area contributed by atoms with Gasteiger partial charge in [-0.15, -0.1) is 0 Å². The Kier molecular flexibility index (Phi) is 2.62. The van der Waals surface area contributed by atoms with Crippen LogP contribution in [-0.2, 0) is 0 Å². The molecule has 0 aliphatic carbocycles. The van der Waals surface area contributed by atoms with Crippen molar-refractivity contribution in [2.24, 2.45) is 0 Å². The maximum absolute atomic E-state index is 10.5. The van der Waals surface area contributed by atoms with Crippen molar-refractivity contribution in [3.63, 3.8) is 0 Å². The van der Waals surface area contributed by atoms with E-state index in [9.17, 15) is 5.11 Å². The second kappa shape index (κ2) is 4.50. The fourth-order valence-corrected chi connectivity index (χ4v) is 2.64. The second-order valence-corrected chi connectivity index (χ2v) is 5.23. The highest BCUT2D eigenvalue weighted by Crippen LogP contribution is 2.32. The van der Waals surface area contributed by atoms with E-state index in [1.54, 1.807) is 0 Å². The van der Waals surface area contributed by atoms with E-state index in [4.69, 9.17) is 8.83 Å². The van der Waals surface area contributed by atoms with Gasteiger partial charge in [0, 0.05) is 10.8 Å². The third-order valence-corrected chi connectivity index (χ3v) is 3.74. The smallest absolute Gasteiger partial charge is 0.169 e. The molecule has 1 unspecified atom stereocenters. The van der Waals surface area contributed by atoms with Crippen molar-refractivity contribution < 1.29 is 13.9 Å². The van der Waals surface area contributed by atoms with Gasteiger partial charge >= 0.3 is 0 Å². The van der Waals surface area contributed by atoms with Gasteiger partial charge < -0.3 is 13.9 Å². The summed E-state index contributed by atoms with van der Waals surface area (Å²) < 4.78 is 11.5. The largest absolute Gasteiger partial charge is 0.458 e. The van der Waals surface area contributed by atoms with Crippen molar-refractivity contribution in [3.05, 3.63) is 71.7 Å². The van der Waals surface area contributed by atoms with Crippen molar-refractivity contribution in [1.82, 2.24) is 0 Å². The van der Waals surface area contributed by atoms with Crippen molar-refractivity contribution in [2.75, 3.05) is 0 Å². The predicted octanol–water partition coefficient (Wildman–Crippen LogP) is 4.57. The highest BCUT2D eigenvalue weighted by molar-refractivity contribution is 5.81. The van der Waals surface area contributed by atoms with Crippen LogP contribution in [0.2, 0.25) is 0 Å². The molecular weight excluding hydrogens is 264 g/mol. The summed E-state index contributed by atoms with van der Waals surface area (Å²) >= 11 is 0. The molecule has 4 rings (SSSR count). The van der Waals surface area contributed by atoms with Crippen LogP contribution < -0.4 is 0 Å². The van der Waals surface area contributed by atoms with Crippen molar-refractivity contribution in [2.45, 2.75) is 13.0 Å². The van der Waals surface area contributed by atoms with Crippen LogP contribution in [0.3, 0.4) is 0 Å². The Bertz CT molecular complexity index is 897. The first-order valence-electron chi connectivity index (χ1n) is 6.88. The van der Waals surface area contributed by atoms with E-state index in [0.717, 1.165) is 27.5 Å². The maximum Gasteiger partial charge on any atom is 0.169 e. The average molecular weight is 278 g/mol. The molecule has 0 aliphatic heterocycles. The molecule has 21 heavy (non-hydrogen) atoms. The summed E-state index contributed by atoms with van der Waals surface area (Å²) in [6.45, 7) is 1.99. The van der Waals surface area contributed by atoms with E-state index >= 15 is 0 Å². The van der Waals surface area contributed by atoms with Gasteiger partial charge in [0.25, 0.3) is 0 Å². The van der Waals surface area contributed by atoms with E-state index in [1.165, 1.54) is 0 Å². The zero-order valence-electron chi connectivity index (χ0n) is 11.5. The van der Waals surface area contributed by atoms with E-state index < -0.39 is 6.10 Å². The topological polar surface area (TPSA) is 46.5 Å². The molecule has 1 N–H and O–H groups in total. The zero-order chi connectivity index (χ0) is 14.4. The summed E-state index contributed by atoms with van der Waals surface area (Å²) in [5.74, 6) is 0.992. The third-order valence-electron chi connectivity index (χ3n) is 3.74. The summed E-state index contributed by atoms with van der Waals surface area (Å²) in [6.07, 6.45) is -0.899. The number of fused-ring (bicyclic) bond motifs is 2. The summed E-state index contributed by atoms with van der Waals surface area (Å²) in [4.78, 5) is 0. The highest BCUT2D eigenvalue weighted by Gasteiger charge is 2.20. The van der Waals surface area contributed by atoms with E-state index in [1.807, 2.05) is 61.5 Å². The molecule has 0 bridgehead atoms. The molecule has 0 amide bonds. The number of aliphatic hydroxyl groups excluding tert-OH is 1. The molecule has 2 aromatic carbocycles. The van der Waals surface area contributed by atoms with Crippen LogP contribution in [0.5, 0.6) is 0 Å². The molecule has 3 heteroatoms. The van der Waals surface area contributed by atoms with Crippen LogP contribution in [-0.4, -0.2) is 5.11 Å². The Hall–Kier alpha value is -2.52. The number of hydrogen-bond donors (Lipinski definition) is 1. The fraction of sp³-hybridized carbons (Fsp3) is 0.111. The lowest BCUT2D eigenvalue weighted by Gasteiger charge is -2.02. The molecule has 1 atom stereocenters. The number of furan rings is 2. The fourth-order valence-electron chi connectivity index (χ4n) is 2.64. The SMILES string of the molecule is Cc1cccc2cc(C(O)c3cc4ccccc4o3)oc12. The molecule has 0 saturated heterocycles. The number of hydrogen-bond acceptors (Lipinski definition) is 3. The molecule has 0 saturated carbocycles. The van der Waals surface area contributed by atoms with Gasteiger partial charge in [-0.1, -0.05) is 36.4 Å². The van der Waals surface area contributed by atoms with Gasteiger partial charge in [0.2, 0.25) is 0 Å². The molecule has 3 nitrogen and oxygen atoms in total. The number of aryl methyl sites for hydroxylation is 1. The first-order chi connectivity index (χ1) is 10.2. The molecule has 0 spiro atoms. The highest BCUT2D eigenvalue weighted by atomic mass is 16.4. The van der Waals surface area contributed by atoms with Crippen LogP contribution in [0.15, 0.2) is 63.4 Å². The third kappa shape index (κ3) is 1.94. The van der Waals surface area contributed by atoms with E-state index in [2.05, 4.69) is 0 Å². The molecule has 0 fully saturated rings. The summed E-state index contributed by atoms with van der Waals surface area (Å²) in [5.41, 5.74) is 2.62. The Morgan fingerprint density at radius 1 is 0.857 bits per heavy atom. The standard InChI is InChI=1S/C18H14O3/c1-11-5-4-7-13-10-16(21-18(11)13)17(19)15-9-12-6-2-3-8-14(12)20-15/h2-10,17,19H,1H3. The molecule has 2 aromatic heterocycles. The average Bonchev–Trinajstić information content (AvgIpc) is 3.11. The Labute approximate surface area is 121 Å². The van der Waals surface area contributed by atoms with Crippen LogP contribution in [0.1, 0.15) is 23.2 Å². The van der Waals surface area contributed by atoms with Gasteiger partial charge in [0.15, 0.2) is 6.10 Å². The van der Waals surface area contributed by atoms with Gasteiger partial charge in [-0.3, -0.25) is 0 Å². The first-order valence-corrected chi connectivity index (χ1v) is 6.88. The van der Waals surface area contributed by atoms with Crippen LogP contribution in [0.25, 0.3) is 21.9 Å². The number of benzene rings is 2. The number of rotatable bonds is 2. The Morgan fingerprint density at radius 2 is 1.57 bits per heavy atom. The Morgan fingerprint density at radius 3 is 2.38 bits per heavy atom. The lowest BCUT2D eigenvalue weighted by Crippen LogP contribution is -1.95. The minimum absolute atomic E-state index is 0.493. The zero-order valence-corrected chi connectivity index (χ0v) is 11.5. The van der Waals surface area contributed by atoms with Gasteiger partial charge in [0.1, 0.15) is 22.7 Å². The quantitative estimate of drug-likeness (QED) is 0.584. The second-order valence-electron chi connectivity index (χ2n) is 5.23. The van der Waals surface area contributed by atoms with Crippen molar-refractivity contribution >= 4 is 21.9 Å². The lowest BCUT2D eigenvalue weighted by molar-refractivity contribution is 0.167. The lowest BCUT2D eigenvalue weighted by atomic mass is 10.1. The summed E-state index contributed by atoms with van der Waals surface area (Å²) in [5, 5.41) is 12.5. The van der Waals surface area contributed by atoms with E-state index in [-0.39, 0.29) is 0 Å². The van der Waals surface area contributed by atoms with Crippen molar-refractivity contribution in [1.29, 1.82) is 0 Å².